The molecule has 1 atom stereocenters. The molecule has 0 aromatic heterocycles. The van der Waals surface area contributed by atoms with Crippen molar-refractivity contribution in [3.63, 3.8) is 0 Å². The normalized spacial score (nSPS) is 27.6. The lowest BCUT2D eigenvalue weighted by Gasteiger charge is -2.42. The molecule has 0 aliphatic carbocycles. The lowest BCUT2D eigenvalue weighted by molar-refractivity contribution is -0.153. The number of nitrogens with zero attached hydrogens (tertiary/aromatic N) is 1. The van der Waals surface area contributed by atoms with Crippen LogP contribution in [0.1, 0.15) is 51.9 Å². The van der Waals surface area contributed by atoms with Crippen molar-refractivity contribution in [3.05, 3.63) is 0 Å². The van der Waals surface area contributed by atoms with Gasteiger partial charge in [0, 0.05) is 19.0 Å². The van der Waals surface area contributed by atoms with Gasteiger partial charge in [-0.15, -0.1) is 0 Å². The summed E-state index contributed by atoms with van der Waals surface area (Å²) in [6, 6.07) is 0.297. The molecule has 2 aliphatic heterocycles. The summed E-state index contributed by atoms with van der Waals surface area (Å²) in [4.78, 5) is 25.6. The minimum Gasteiger partial charge on any atom is -0.481 e. The summed E-state index contributed by atoms with van der Waals surface area (Å²) in [6.45, 7) is 4.44. The van der Waals surface area contributed by atoms with Crippen molar-refractivity contribution in [1.82, 2.24) is 10.2 Å². The van der Waals surface area contributed by atoms with Gasteiger partial charge in [0.2, 0.25) is 5.91 Å². The molecule has 0 saturated carbocycles. The highest BCUT2D eigenvalue weighted by molar-refractivity contribution is 5.77. The highest BCUT2D eigenvalue weighted by atomic mass is 16.4. The summed E-state index contributed by atoms with van der Waals surface area (Å²) in [5.41, 5.74) is -0.530. The number of aliphatic carboxylic acids is 1. The van der Waals surface area contributed by atoms with Gasteiger partial charge in [-0.25, -0.2) is 0 Å². The van der Waals surface area contributed by atoms with E-state index in [2.05, 4.69) is 10.2 Å². The number of likely N-dealkylation sites (tertiary alicyclic amines) is 1. The number of piperidine rings is 1. The van der Waals surface area contributed by atoms with Gasteiger partial charge in [0.15, 0.2) is 0 Å². The number of rotatable bonds is 4. The molecule has 0 aromatic carbocycles. The van der Waals surface area contributed by atoms with Crippen LogP contribution >= 0.6 is 0 Å². The van der Waals surface area contributed by atoms with Crippen LogP contribution in [0.15, 0.2) is 0 Å². The first-order valence-corrected chi connectivity index (χ1v) is 7.81. The summed E-state index contributed by atoms with van der Waals surface area (Å²) in [7, 11) is 0. The van der Waals surface area contributed by atoms with E-state index < -0.39 is 11.4 Å². The molecule has 114 valence electrons. The van der Waals surface area contributed by atoms with E-state index >= 15 is 0 Å². The Bertz CT molecular complexity index is 362. The quantitative estimate of drug-likeness (QED) is 0.822. The lowest BCUT2D eigenvalue weighted by atomic mass is 9.74. The molecule has 2 N–H and O–H groups in total. The Kier molecular flexibility index (Phi) is 5.02. The molecule has 2 saturated heterocycles. The van der Waals surface area contributed by atoms with Gasteiger partial charge in [-0.1, -0.05) is 13.3 Å². The summed E-state index contributed by atoms with van der Waals surface area (Å²) in [6.07, 6.45) is 5.73. The number of amides is 1. The van der Waals surface area contributed by atoms with Crippen molar-refractivity contribution in [1.29, 1.82) is 0 Å². The second-order valence-electron chi connectivity index (χ2n) is 6.22. The van der Waals surface area contributed by atoms with Gasteiger partial charge in [0.1, 0.15) is 0 Å². The minimum absolute atomic E-state index is 0.135. The van der Waals surface area contributed by atoms with Gasteiger partial charge in [-0.2, -0.15) is 0 Å². The summed E-state index contributed by atoms with van der Waals surface area (Å²) >= 11 is 0. The van der Waals surface area contributed by atoms with Crippen molar-refractivity contribution in [2.45, 2.75) is 57.9 Å². The first-order valence-electron chi connectivity index (χ1n) is 7.81. The Morgan fingerprint density at radius 1 is 1.45 bits per heavy atom. The monoisotopic (exact) mass is 282 g/mol. The van der Waals surface area contributed by atoms with E-state index in [-0.39, 0.29) is 5.91 Å². The third-order valence-electron chi connectivity index (χ3n) is 4.91. The van der Waals surface area contributed by atoms with E-state index in [4.69, 9.17) is 0 Å². The van der Waals surface area contributed by atoms with Gasteiger partial charge in [0.05, 0.1) is 5.41 Å². The Labute approximate surface area is 120 Å². The fraction of sp³-hybridized carbons (Fsp3) is 0.867. The smallest absolute Gasteiger partial charge is 0.309 e. The summed E-state index contributed by atoms with van der Waals surface area (Å²) < 4.78 is 0. The van der Waals surface area contributed by atoms with E-state index in [1.807, 2.05) is 6.92 Å². The molecule has 20 heavy (non-hydrogen) atoms. The van der Waals surface area contributed by atoms with Crippen LogP contribution in [0, 0.1) is 5.41 Å². The van der Waals surface area contributed by atoms with E-state index in [1.54, 1.807) is 0 Å². The minimum atomic E-state index is -0.641. The molecule has 0 spiro atoms. The molecule has 0 bridgehead atoms. The zero-order chi connectivity index (χ0) is 14.6. The number of carboxylic acid groups (broad SMARTS) is 1. The zero-order valence-corrected chi connectivity index (χ0v) is 12.4. The van der Waals surface area contributed by atoms with Crippen LogP contribution in [0.4, 0.5) is 0 Å². The van der Waals surface area contributed by atoms with E-state index in [0.717, 1.165) is 45.3 Å². The summed E-state index contributed by atoms with van der Waals surface area (Å²) in [5, 5.41) is 12.4. The van der Waals surface area contributed by atoms with E-state index in [1.165, 1.54) is 0 Å². The van der Waals surface area contributed by atoms with Crippen molar-refractivity contribution in [2.24, 2.45) is 5.41 Å². The van der Waals surface area contributed by atoms with Gasteiger partial charge in [-0.05, 0) is 45.2 Å². The van der Waals surface area contributed by atoms with Gasteiger partial charge < -0.3 is 10.4 Å². The number of carboxylic acids is 1. The first kappa shape index (κ1) is 15.3. The molecule has 2 aliphatic rings. The molecule has 2 fully saturated rings. The molecule has 1 unspecified atom stereocenters. The predicted octanol–water partition coefficient (Wildman–Crippen LogP) is 1.62. The largest absolute Gasteiger partial charge is 0.481 e. The highest BCUT2D eigenvalue weighted by Gasteiger charge is 2.41. The number of hydrogen-bond acceptors (Lipinski definition) is 3. The van der Waals surface area contributed by atoms with Crippen LogP contribution < -0.4 is 5.32 Å². The average Bonchev–Trinajstić information content (AvgIpc) is 2.64. The topological polar surface area (TPSA) is 69.6 Å². The van der Waals surface area contributed by atoms with Crippen molar-refractivity contribution in [2.75, 3.05) is 19.6 Å². The molecule has 0 radical (unpaired) electrons. The Morgan fingerprint density at radius 2 is 2.15 bits per heavy atom. The third-order valence-corrected chi connectivity index (χ3v) is 4.91. The van der Waals surface area contributed by atoms with E-state index in [0.29, 0.717) is 25.3 Å². The predicted molar refractivity (Wildman–Crippen MR) is 76.4 cm³/mol. The van der Waals surface area contributed by atoms with Crippen molar-refractivity contribution in [3.8, 4) is 0 Å². The SMILES string of the molecule is CCCC1(C(=O)O)CCN(C2CCCNC(=O)C2)CC1. The lowest BCUT2D eigenvalue weighted by Crippen LogP contribution is -2.48. The maximum Gasteiger partial charge on any atom is 0.309 e. The number of carbonyl (C=O) groups is 2. The van der Waals surface area contributed by atoms with Crippen LogP contribution in [-0.4, -0.2) is 47.6 Å². The van der Waals surface area contributed by atoms with Gasteiger partial charge in [0.25, 0.3) is 0 Å². The molecule has 0 aromatic rings. The van der Waals surface area contributed by atoms with Crippen LogP contribution in [0.25, 0.3) is 0 Å². The molecule has 1 amide bonds. The van der Waals surface area contributed by atoms with Gasteiger partial charge in [-0.3, -0.25) is 14.5 Å². The number of hydrogen-bond donors (Lipinski definition) is 2. The number of carbonyl (C=O) groups excluding carboxylic acids is 1. The molecular formula is C15H26N2O3. The highest BCUT2D eigenvalue weighted by Crippen LogP contribution is 2.37. The second-order valence-corrected chi connectivity index (χ2v) is 6.22. The third kappa shape index (κ3) is 3.32. The average molecular weight is 282 g/mol. The fourth-order valence-electron chi connectivity index (χ4n) is 3.63. The molecule has 2 heterocycles. The van der Waals surface area contributed by atoms with Crippen molar-refractivity contribution >= 4 is 11.9 Å². The molecule has 5 nitrogen and oxygen atoms in total. The van der Waals surface area contributed by atoms with Crippen LogP contribution in [0.3, 0.4) is 0 Å². The molecule has 5 heteroatoms. The number of nitrogens with one attached hydrogen (secondary N) is 1. The van der Waals surface area contributed by atoms with Crippen LogP contribution in [-0.2, 0) is 9.59 Å². The van der Waals surface area contributed by atoms with Crippen molar-refractivity contribution < 1.29 is 14.7 Å². The second kappa shape index (κ2) is 6.57. The first-order chi connectivity index (χ1) is 9.57. The van der Waals surface area contributed by atoms with Crippen LogP contribution in [0.5, 0.6) is 0 Å². The molecule has 2 rings (SSSR count). The Balaban J connectivity index is 1.95. The standard InChI is InChI=1S/C15H26N2O3/c1-2-5-15(14(19)20)6-9-17(10-7-15)12-4-3-8-16-13(18)11-12/h12H,2-11H2,1H3,(H,16,18)(H,19,20). The maximum absolute atomic E-state index is 11.6. The van der Waals surface area contributed by atoms with Gasteiger partial charge >= 0.3 is 5.97 Å². The fourth-order valence-corrected chi connectivity index (χ4v) is 3.63. The molecular weight excluding hydrogens is 256 g/mol. The Morgan fingerprint density at radius 3 is 2.75 bits per heavy atom. The van der Waals surface area contributed by atoms with E-state index in [9.17, 15) is 14.7 Å². The maximum atomic E-state index is 11.6. The Hall–Kier alpha value is -1.10. The zero-order valence-electron chi connectivity index (χ0n) is 12.4. The van der Waals surface area contributed by atoms with Crippen LogP contribution in [0.2, 0.25) is 0 Å². The summed E-state index contributed by atoms with van der Waals surface area (Å²) in [5.74, 6) is -0.506.